The number of pyridine rings is 2. The molecule has 0 saturated carbocycles. The molecule has 37 heavy (non-hydrogen) atoms. The van der Waals surface area contributed by atoms with Gasteiger partial charge in [-0.25, -0.2) is 14.2 Å². The van der Waals surface area contributed by atoms with Crippen LogP contribution in [0.3, 0.4) is 0 Å². The van der Waals surface area contributed by atoms with Crippen LogP contribution in [0.4, 0.5) is 28.2 Å². The Kier molecular flexibility index (Phi) is 7.31. The SMILES string of the molecule is CC[C@H](NC(=O)Oc1cn(-c2c(F)cccc2Cl)c2nc(N3C[C@@H](O)[C@H](O)C3)ccc2c1=O)C(F)(F)F. The fraction of sp³-hybridized carbons (Fsp3) is 0.348. The summed E-state index contributed by atoms with van der Waals surface area (Å²) in [6.45, 7) is 1.30. The second kappa shape index (κ2) is 10.1. The zero-order valence-electron chi connectivity index (χ0n) is 19.2. The number of carbonyl (C=O) groups excluding carboxylic acids is 1. The Morgan fingerprint density at radius 1 is 1.24 bits per heavy atom. The van der Waals surface area contributed by atoms with Gasteiger partial charge >= 0.3 is 12.3 Å². The third-order valence-electron chi connectivity index (χ3n) is 5.86. The summed E-state index contributed by atoms with van der Waals surface area (Å²) in [6.07, 6.45) is -7.89. The van der Waals surface area contributed by atoms with Gasteiger partial charge in [-0.05, 0) is 30.7 Å². The maximum Gasteiger partial charge on any atom is 0.413 e. The van der Waals surface area contributed by atoms with Crippen molar-refractivity contribution in [3.05, 3.63) is 57.6 Å². The number of alkyl halides is 3. The number of para-hydroxylation sites is 1. The van der Waals surface area contributed by atoms with Crippen LogP contribution in [0.5, 0.6) is 5.75 Å². The van der Waals surface area contributed by atoms with Gasteiger partial charge in [0.15, 0.2) is 11.4 Å². The first kappa shape index (κ1) is 26.6. The molecule has 0 radical (unpaired) electrons. The lowest BCUT2D eigenvalue weighted by molar-refractivity contribution is -0.154. The number of nitrogens with one attached hydrogen (secondary N) is 1. The van der Waals surface area contributed by atoms with Crippen LogP contribution in [-0.2, 0) is 0 Å². The number of benzene rings is 1. The van der Waals surface area contributed by atoms with Gasteiger partial charge in [0, 0.05) is 13.1 Å². The van der Waals surface area contributed by atoms with Crippen LogP contribution in [-0.4, -0.2) is 63.4 Å². The molecule has 0 spiro atoms. The number of carbonyl (C=O) groups is 1. The number of ether oxygens (including phenoxy) is 1. The zero-order chi connectivity index (χ0) is 27.1. The molecule has 2 aromatic heterocycles. The monoisotopic (exact) mass is 544 g/mol. The van der Waals surface area contributed by atoms with Crippen molar-refractivity contribution < 1.29 is 37.3 Å². The first-order chi connectivity index (χ1) is 17.4. The van der Waals surface area contributed by atoms with Gasteiger partial charge < -0.3 is 25.2 Å². The Balaban J connectivity index is 1.84. The minimum absolute atomic E-state index is 0.0452. The third kappa shape index (κ3) is 5.33. The highest BCUT2D eigenvalue weighted by atomic mass is 35.5. The normalized spacial score (nSPS) is 18.8. The molecular formula is C23H21ClF4N4O5. The van der Waals surface area contributed by atoms with E-state index in [1.165, 1.54) is 31.2 Å². The molecule has 3 atom stereocenters. The molecule has 14 heteroatoms. The summed E-state index contributed by atoms with van der Waals surface area (Å²) in [5.74, 6) is -1.27. The van der Waals surface area contributed by atoms with E-state index in [2.05, 4.69) is 4.98 Å². The van der Waals surface area contributed by atoms with E-state index >= 15 is 0 Å². The standard InChI is InChI=1S/C23H21ClF4N4O5/c1-2-17(23(26,27)28)29-22(36)37-16-10-32(19-12(24)4-3-5-13(19)25)21-11(20(16)35)6-7-18(30-21)31-8-14(33)15(34)9-31/h3-7,10,14-15,17,33-34H,2,8-9H2,1H3,(H,29,36)/t14-,15-,17+/m1/s1. The van der Waals surface area contributed by atoms with Gasteiger partial charge in [0.05, 0.1) is 28.8 Å². The number of aliphatic hydroxyl groups is 2. The summed E-state index contributed by atoms with van der Waals surface area (Å²) >= 11 is 6.22. The second-order valence-corrected chi connectivity index (χ2v) is 8.79. The number of amides is 1. The molecular weight excluding hydrogens is 524 g/mol. The Morgan fingerprint density at radius 2 is 1.92 bits per heavy atom. The number of hydrogen-bond acceptors (Lipinski definition) is 7. The number of β-amino-alcohol motifs (C(OH)–C–C–N with tert-alkyl or cyclic N) is 2. The molecule has 4 rings (SSSR count). The zero-order valence-corrected chi connectivity index (χ0v) is 19.9. The number of fused-ring (bicyclic) bond motifs is 1. The van der Waals surface area contributed by atoms with Crippen molar-refractivity contribution >= 4 is 34.5 Å². The van der Waals surface area contributed by atoms with Gasteiger partial charge in [0.1, 0.15) is 23.4 Å². The van der Waals surface area contributed by atoms with Crippen LogP contribution >= 0.6 is 11.6 Å². The minimum Gasteiger partial charge on any atom is -0.405 e. The Morgan fingerprint density at radius 3 is 2.51 bits per heavy atom. The number of halogens is 5. The fourth-order valence-corrected chi connectivity index (χ4v) is 4.21. The molecule has 3 aromatic rings. The van der Waals surface area contributed by atoms with Gasteiger partial charge in [-0.1, -0.05) is 24.6 Å². The Hall–Kier alpha value is -3.42. The van der Waals surface area contributed by atoms with Gasteiger partial charge in [-0.2, -0.15) is 13.2 Å². The molecule has 0 unspecified atom stereocenters. The molecule has 1 fully saturated rings. The number of hydrogen-bond donors (Lipinski definition) is 3. The molecule has 0 aliphatic carbocycles. The maximum absolute atomic E-state index is 14.9. The first-order valence-corrected chi connectivity index (χ1v) is 11.5. The molecule has 1 aliphatic heterocycles. The van der Waals surface area contributed by atoms with Crippen molar-refractivity contribution in [3.8, 4) is 11.4 Å². The van der Waals surface area contributed by atoms with Crippen LogP contribution in [0, 0.1) is 5.82 Å². The largest absolute Gasteiger partial charge is 0.413 e. The van der Waals surface area contributed by atoms with E-state index < -0.39 is 53.9 Å². The molecule has 1 aliphatic rings. The molecule has 198 valence electrons. The van der Waals surface area contributed by atoms with Crippen LogP contribution < -0.4 is 20.4 Å². The van der Waals surface area contributed by atoms with Crippen molar-refractivity contribution in [2.24, 2.45) is 0 Å². The summed E-state index contributed by atoms with van der Waals surface area (Å²) in [5.41, 5.74) is -1.26. The molecule has 1 aromatic carbocycles. The summed E-state index contributed by atoms with van der Waals surface area (Å²) in [5, 5.41) is 21.2. The van der Waals surface area contributed by atoms with Gasteiger partial charge in [0.25, 0.3) is 0 Å². The highest BCUT2D eigenvalue weighted by Crippen LogP contribution is 2.29. The van der Waals surface area contributed by atoms with Gasteiger partial charge in [-0.15, -0.1) is 0 Å². The highest BCUT2D eigenvalue weighted by Gasteiger charge is 2.40. The lowest BCUT2D eigenvalue weighted by Gasteiger charge is -2.21. The fourth-order valence-electron chi connectivity index (χ4n) is 3.95. The number of anilines is 1. The lowest BCUT2D eigenvalue weighted by atomic mass is 10.2. The van der Waals surface area contributed by atoms with Crippen LogP contribution in [0.15, 0.2) is 41.3 Å². The van der Waals surface area contributed by atoms with E-state index in [0.717, 1.165) is 16.8 Å². The average Bonchev–Trinajstić information content (AvgIpc) is 3.17. The summed E-state index contributed by atoms with van der Waals surface area (Å²) in [4.78, 5) is 31.3. The topological polar surface area (TPSA) is 117 Å². The molecule has 3 N–H and O–H groups in total. The van der Waals surface area contributed by atoms with Gasteiger partial charge in [-0.3, -0.25) is 9.36 Å². The maximum atomic E-state index is 14.9. The van der Waals surface area contributed by atoms with Crippen molar-refractivity contribution in [2.75, 3.05) is 18.0 Å². The molecule has 3 heterocycles. The summed E-state index contributed by atoms with van der Waals surface area (Å²) in [7, 11) is 0. The van der Waals surface area contributed by atoms with Crippen LogP contribution in [0.25, 0.3) is 16.7 Å². The molecule has 0 bridgehead atoms. The van der Waals surface area contributed by atoms with Crippen molar-refractivity contribution in [3.63, 3.8) is 0 Å². The van der Waals surface area contributed by atoms with E-state index in [-0.39, 0.29) is 40.7 Å². The van der Waals surface area contributed by atoms with E-state index in [1.54, 1.807) is 10.2 Å². The second-order valence-electron chi connectivity index (χ2n) is 8.38. The van der Waals surface area contributed by atoms with Crippen molar-refractivity contribution in [1.29, 1.82) is 0 Å². The van der Waals surface area contributed by atoms with Crippen LogP contribution in [0.2, 0.25) is 5.02 Å². The quantitative estimate of drug-likeness (QED) is 0.423. The Labute approximate surface area is 211 Å². The smallest absolute Gasteiger partial charge is 0.405 e. The van der Waals surface area contributed by atoms with E-state index in [4.69, 9.17) is 16.3 Å². The lowest BCUT2D eigenvalue weighted by Crippen LogP contribution is -2.46. The Bertz CT molecular complexity index is 1370. The predicted molar refractivity (Wildman–Crippen MR) is 126 cm³/mol. The number of aromatic nitrogens is 2. The number of nitrogens with zero attached hydrogens (tertiary/aromatic N) is 3. The van der Waals surface area contributed by atoms with E-state index in [1.807, 2.05) is 0 Å². The van der Waals surface area contributed by atoms with Crippen molar-refractivity contribution in [2.45, 2.75) is 37.8 Å². The van der Waals surface area contributed by atoms with E-state index in [0.29, 0.717) is 0 Å². The molecule has 9 nitrogen and oxygen atoms in total. The molecule has 1 amide bonds. The van der Waals surface area contributed by atoms with Gasteiger partial charge in [0.2, 0.25) is 5.43 Å². The first-order valence-electron chi connectivity index (χ1n) is 11.1. The van der Waals surface area contributed by atoms with E-state index in [9.17, 15) is 37.4 Å². The summed E-state index contributed by atoms with van der Waals surface area (Å²) < 4.78 is 60.0. The highest BCUT2D eigenvalue weighted by molar-refractivity contribution is 6.32. The third-order valence-corrected chi connectivity index (χ3v) is 6.17. The number of aliphatic hydroxyl groups excluding tert-OH is 2. The average molecular weight is 545 g/mol. The predicted octanol–water partition coefficient (Wildman–Crippen LogP) is 3.15. The number of rotatable bonds is 5. The summed E-state index contributed by atoms with van der Waals surface area (Å²) in [6, 6.07) is 4.29. The van der Waals surface area contributed by atoms with Crippen LogP contribution in [0.1, 0.15) is 13.3 Å². The van der Waals surface area contributed by atoms with Crippen molar-refractivity contribution in [1.82, 2.24) is 14.9 Å². The minimum atomic E-state index is -4.74. The molecule has 1 saturated heterocycles.